The van der Waals surface area contributed by atoms with Gasteiger partial charge in [-0.3, -0.25) is 0 Å². The minimum Gasteiger partial charge on any atom is -0.383 e. The number of aromatic nitrogens is 1. The van der Waals surface area contributed by atoms with Crippen molar-refractivity contribution in [3.8, 4) is 0 Å². The van der Waals surface area contributed by atoms with Crippen LogP contribution in [-0.2, 0) is 10.9 Å². The Bertz CT molecular complexity index is 582. The predicted molar refractivity (Wildman–Crippen MR) is 74.2 cm³/mol. The van der Waals surface area contributed by atoms with E-state index in [0.717, 1.165) is 23.3 Å². The Morgan fingerprint density at radius 1 is 1.40 bits per heavy atom. The second-order valence-corrected chi connectivity index (χ2v) is 5.43. The highest BCUT2D eigenvalue weighted by Crippen LogP contribution is 2.34. The van der Waals surface area contributed by atoms with E-state index in [0.29, 0.717) is 17.3 Å². The third kappa shape index (κ3) is 3.40. The van der Waals surface area contributed by atoms with Gasteiger partial charge in [-0.1, -0.05) is 18.3 Å². The summed E-state index contributed by atoms with van der Waals surface area (Å²) in [4.78, 5) is 4.21. The van der Waals surface area contributed by atoms with Gasteiger partial charge in [-0.05, 0) is 24.6 Å². The molecule has 0 fully saturated rings. The average Bonchev–Trinajstić information content (AvgIpc) is 2.78. The van der Waals surface area contributed by atoms with Crippen molar-refractivity contribution >= 4 is 26.7 Å². The zero-order valence-electron chi connectivity index (χ0n) is 11.1. The van der Waals surface area contributed by atoms with E-state index in [-0.39, 0.29) is 6.04 Å². The number of benzene rings is 1. The van der Waals surface area contributed by atoms with Crippen LogP contribution in [0, 0.1) is 0 Å². The van der Waals surface area contributed by atoms with Crippen molar-refractivity contribution in [3.05, 3.63) is 23.8 Å². The van der Waals surface area contributed by atoms with Gasteiger partial charge in [-0.15, -0.1) is 0 Å². The number of halogens is 3. The van der Waals surface area contributed by atoms with E-state index in [2.05, 4.69) is 10.3 Å². The molecule has 0 bridgehead atoms. The number of ether oxygens (including phenoxy) is 1. The lowest BCUT2D eigenvalue weighted by atomic mass is 10.2. The first-order chi connectivity index (χ1) is 9.44. The summed E-state index contributed by atoms with van der Waals surface area (Å²) in [5.41, 5.74) is -0.314. The van der Waals surface area contributed by atoms with Crippen molar-refractivity contribution in [2.75, 3.05) is 19.0 Å². The maximum atomic E-state index is 12.6. The Labute approximate surface area is 118 Å². The number of fused-ring (bicyclic) bond motifs is 1. The third-order valence-electron chi connectivity index (χ3n) is 2.90. The van der Waals surface area contributed by atoms with E-state index in [1.165, 1.54) is 17.4 Å². The van der Waals surface area contributed by atoms with E-state index in [1.807, 2.05) is 6.92 Å². The summed E-state index contributed by atoms with van der Waals surface area (Å²) >= 11 is 1.34. The number of thiazole rings is 1. The molecule has 0 amide bonds. The van der Waals surface area contributed by atoms with Crippen LogP contribution in [0.2, 0.25) is 0 Å². The van der Waals surface area contributed by atoms with Crippen LogP contribution < -0.4 is 5.32 Å². The van der Waals surface area contributed by atoms with Crippen LogP contribution in [0.25, 0.3) is 10.2 Å². The predicted octanol–water partition coefficient (Wildman–Crippen LogP) is 4.15. The molecule has 7 heteroatoms. The molecule has 1 atom stereocenters. The Kier molecular flexibility index (Phi) is 4.49. The van der Waals surface area contributed by atoms with Gasteiger partial charge >= 0.3 is 6.18 Å². The summed E-state index contributed by atoms with van der Waals surface area (Å²) in [6.45, 7) is 2.53. The van der Waals surface area contributed by atoms with E-state index >= 15 is 0 Å². The van der Waals surface area contributed by atoms with Crippen molar-refractivity contribution in [3.63, 3.8) is 0 Å². The number of hydrogen-bond donors (Lipinski definition) is 1. The Hall–Kier alpha value is -1.34. The van der Waals surface area contributed by atoms with Crippen LogP contribution in [0.3, 0.4) is 0 Å². The highest BCUT2D eigenvalue weighted by molar-refractivity contribution is 7.22. The Morgan fingerprint density at radius 2 is 2.15 bits per heavy atom. The summed E-state index contributed by atoms with van der Waals surface area (Å²) in [5, 5.41) is 3.79. The molecule has 1 aromatic heterocycles. The van der Waals surface area contributed by atoms with Crippen molar-refractivity contribution in [1.29, 1.82) is 0 Å². The molecule has 3 nitrogen and oxygen atoms in total. The van der Waals surface area contributed by atoms with Gasteiger partial charge in [-0.2, -0.15) is 13.2 Å². The minimum atomic E-state index is -4.34. The molecule has 2 rings (SSSR count). The standard InChI is InChI=1S/C13H15F3N2OS/c1-3-9(7-19-2)17-12-18-10-6-8(13(14,15)16)4-5-11(10)20-12/h4-6,9H,3,7H2,1-2H3,(H,17,18). The molecule has 0 saturated carbocycles. The number of nitrogens with zero attached hydrogens (tertiary/aromatic N) is 1. The Balaban J connectivity index is 2.25. The third-order valence-corrected chi connectivity index (χ3v) is 3.87. The van der Waals surface area contributed by atoms with E-state index in [9.17, 15) is 13.2 Å². The summed E-state index contributed by atoms with van der Waals surface area (Å²) in [6, 6.07) is 3.71. The average molecular weight is 304 g/mol. The molecule has 1 heterocycles. The number of methoxy groups -OCH3 is 1. The monoisotopic (exact) mass is 304 g/mol. The number of anilines is 1. The number of rotatable bonds is 5. The fourth-order valence-electron chi connectivity index (χ4n) is 1.80. The molecule has 0 aliphatic heterocycles. The summed E-state index contributed by atoms with van der Waals surface area (Å²) < 4.78 is 43.7. The van der Waals surface area contributed by atoms with Gasteiger partial charge in [0.15, 0.2) is 5.13 Å². The fourth-order valence-corrected chi connectivity index (χ4v) is 2.73. The van der Waals surface area contributed by atoms with Crippen molar-refractivity contribution in [1.82, 2.24) is 4.98 Å². The van der Waals surface area contributed by atoms with E-state index < -0.39 is 11.7 Å². The summed E-state index contributed by atoms with van der Waals surface area (Å²) in [6.07, 6.45) is -3.50. The molecular formula is C13H15F3N2OS. The smallest absolute Gasteiger partial charge is 0.383 e. The first-order valence-corrected chi connectivity index (χ1v) is 6.99. The van der Waals surface area contributed by atoms with Gasteiger partial charge in [0.25, 0.3) is 0 Å². The van der Waals surface area contributed by atoms with Crippen LogP contribution in [0.15, 0.2) is 18.2 Å². The molecule has 0 aliphatic rings. The lowest BCUT2D eigenvalue weighted by Gasteiger charge is -2.14. The number of hydrogen-bond acceptors (Lipinski definition) is 4. The highest BCUT2D eigenvalue weighted by atomic mass is 32.1. The lowest BCUT2D eigenvalue weighted by Crippen LogP contribution is -2.23. The van der Waals surface area contributed by atoms with Gasteiger partial charge < -0.3 is 10.1 Å². The van der Waals surface area contributed by atoms with Gasteiger partial charge in [-0.25, -0.2) is 4.98 Å². The van der Waals surface area contributed by atoms with Crippen molar-refractivity contribution in [2.45, 2.75) is 25.6 Å². The van der Waals surface area contributed by atoms with Crippen LogP contribution in [0.5, 0.6) is 0 Å². The normalized spacial score (nSPS) is 13.7. The molecule has 0 radical (unpaired) electrons. The number of nitrogens with one attached hydrogen (secondary N) is 1. The summed E-state index contributed by atoms with van der Waals surface area (Å²) in [5.74, 6) is 0. The van der Waals surface area contributed by atoms with Crippen LogP contribution >= 0.6 is 11.3 Å². The van der Waals surface area contributed by atoms with Crippen molar-refractivity contribution in [2.24, 2.45) is 0 Å². The summed E-state index contributed by atoms with van der Waals surface area (Å²) in [7, 11) is 1.61. The molecule has 1 unspecified atom stereocenters. The molecule has 20 heavy (non-hydrogen) atoms. The Morgan fingerprint density at radius 3 is 2.75 bits per heavy atom. The topological polar surface area (TPSA) is 34.1 Å². The molecule has 0 saturated heterocycles. The lowest BCUT2D eigenvalue weighted by molar-refractivity contribution is -0.137. The minimum absolute atomic E-state index is 0.0997. The highest BCUT2D eigenvalue weighted by Gasteiger charge is 2.30. The zero-order valence-corrected chi connectivity index (χ0v) is 11.9. The van der Waals surface area contributed by atoms with Crippen LogP contribution in [-0.4, -0.2) is 24.7 Å². The quantitative estimate of drug-likeness (QED) is 0.901. The second-order valence-electron chi connectivity index (χ2n) is 4.40. The molecule has 1 N–H and O–H groups in total. The largest absolute Gasteiger partial charge is 0.416 e. The molecule has 1 aromatic carbocycles. The van der Waals surface area contributed by atoms with Gasteiger partial charge in [0.2, 0.25) is 0 Å². The van der Waals surface area contributed by atoms with Gasteiger partial charge in [0.05, 0.1) is 28.4 Å². The van der Waals surface area contributed by atoms with Crippen molar-refractivity contribution < 1.29 is 17.9 Å². The van der Waals surface area contributed by atoms with E-state index in [1.54, 1.807) is 7.11 Å². The molecule has 0 spiro atoms. The first-order valence-electron chi connectivity index (χ1n) is 6.17. The molecule has 110 valence electrons. The maximum Gasteiger partial charge on any atom is 0.416 e. The molecule has 2 aromatic rings. The van der Waals surface area contributed by atoms with Gasteiger partial charge in [0, 0.05) is 7.11 Å². The van der Waals surface area contributed by atoms with Crippen LogP contribution in [0.4, 0.5) is 18.3 Å². The molecule has 0 aliphatic carbocycles. The second kappa shape index (κ2) is 5.97. The maximum absolute atomic E-state index is 12.6. The molecular weight excluding hydrogens is 289 g/mol. The number of alkyl halides is 3. The zero-order chi connectivity index (χ0) is 14.8. The van der Waals surface area contributed by atoms with Gasteiger partial charge in [0.1, 0.15) is 0 Å². The fraction of sp³-hybridized carbons (Fsp3) is 0.462. The van der Waals surface area contributed by atoms with Crippen LogP contribution in [0.1, 0.15) is 18.9 Å². The SMILES string of the molecule is CCC(COC)Nc1nc2cc(C(F)(F)F)ccc2s1. The first kappa shape index (κ1) is 15.1. The van der Waals surface area contributed by atoms with E-state index in [4.69, 9.17) is 4.74 Å².